The van der Waals surface area contributed by atoms with Gasteiger partial charge in [-0.2, -0.15) is 0 Å². The normalized spacial score (nSPS) is 16.9. The number of likely N-dealkylation sites (tertiary alicyclic amines) is 1. The Balaban J connectivity index is 1.31. The van der Waals surface area contributed by atoms with Crippen LogP contribution in [0.5, 0.6) is 0 Å². The molecule has 3 atom stereocenters. The zero-order chi connectivity index (χ0) is 40.4. The largest absolute Gasteiger partial charge is 0.480 e. The molecule has 0 spiro atoms. The minimum absolute atomic E-state index is 0.0294. The van der Waals surface area contributed by atoms with Gasteiger partial charge in [-0.05, 0) is 73.5 Å². The summed E-state index contributed by atoms with van der Waals surface area (Å²) in [4.78, 5) is 66.1. The Labute approximate surface area is 331 Å². The average molecular weight is 794 g/mol. The number of benzene rings is 2. The number of nitrogens with zero attached hydrogens (tertiary/aromatic N) is 3. The Morgan fingerprint density at radius 1 is 1.02 bits per heavy atom. The van der Waals surface area contributed by atoms with Crippen LogP contribution in [0.4, 0.5) is 8.78 Å². The Hall–Kier alpha value is -4.56. The van der Waals surface area contributed by atoms with Gasteiger partial charge >= 0.3 is 5.97 Å². The predicted molar refractivity (Wildman–Crippen MR) is 212 cm³/mol. The molecule has 5 rings (SSSR count). The van der Waals surface area contributed by atoms with E-state index in [9.17, 15) is 33.5 Å². The molecular weight excluding hydrogens is 741 g/mol. The van der Waals surface area contributed by atoms with E-state index < -0.39 is 41.0 Å². The van der Waals surface area contributed by atoms with Gasteiger partial charge in [-0.3, -0.25) is 24.1 Å². The maximum atomic E-state index is 15.2. The number of nitrogens with one attached hydrogen (secondary N) is 2. The van der Waals surface area contributed by atoms with Crippen LogP contribution in [0.25, 0.3) is 11.1 Å². The number of carbonyl (C=O) groups is 5. The second-order valence-electron chi connectivity index (χ2n) is 15.8. The van der Waals surface area contributed by atoms with Crippen molar-refractivity contribution in [3.63, 3.8) is 0 Å². The van der Waals surface area contributed by atoms with Crippen molar-refractivity contribution in [1.82, 2.24) is 25.0 Å². The monoisotopic (exact) mass is 793 g/mol. The first-order chi connectivity index (χ1) is 26.7. The number of hydrogen-bond donors (Lipinski definition) is 3. The molecule has 2 fully saturated rings. The number of rotatable bonds is 19. The van der Waals surface area contributed by atoms with Crippen molar-refractivity contribution >= 4 is 41.4 Å². The quantitative estimate of drug-likeness (QED) is 0.0990. The molecule has 0 bridgehead atoms. The molecular formula is C42H53F2N5O6S. The molecule has 14 heteroatoms. The van der Waals surface area contributed by atoms with Gasteiger partial charge in [0.05, 0.1) is 11.8 Å². The highest BCUT2D eigenvalue weighted by atomic mass is 32.2. The van der Waals surface area contributed by atoms with Gasteiger partial charge in [-0.25, -0.2) is 13.6 Å². The topological polar surface area (TPSA) is 141 Å². The van der Waals surface area contributed by atoms with E-state index in [-0.39, 0.29) is 60.0 Å². The van der Waals surface area contributed by atoms with Crippen LogP contribution in [-0.4, -0.2) is 92.8 Å². The first-order valence-electron chi connectivity index (χ1n) is 19.3. The summed E-state index contributed by atoms with van der Waals surface area (Å²) in [5, 5.41) is 15.9. The van der Waals surface area contributed by atoms with Crippen molar-refractivity contribution in [2.45, 2.75) is 84.3 Å². The molecule has 11 nitrogen and oxygen atoms in total. The number of imide groups is 1. The fourth-order valence-electron chi connectivity index (χ4n) is 7.50. The lowest BCUT2D eigenvalue weighted by molar-refractivity contribution is -0.141. The second kappa shape index (κ2) is 19.5. The molecule has 2 saturated heterocycles. The number of aromatic nitrogens is 1. The molecule has 0 radical (unpaired) electrons. The summed E-state index contributed by atoms with van der Waals surface area (Å²) in [6.45, 7) is 8.88. The lowest BCUT2D eigenvalue weighted by Crippen LogP contribution is -2.46. The lowest BCUT2D eigenvalue weighted by atomic mass is 9.82. The van der Waals surface area contributed by atoms with Crippen molar-refractivity contribution < 1.29 is 37.9 Å². The van der Waals surface area contributed by atoms with Crippen LogP contribution < -0.4 is 10.6 Å². The average Bonchev–Trinajstić information content (AvgIpc) is 3.89. The minimum atomic E-state index is -1.21. The van der Waals surface area contributed by atoms with Crippen molar-refractivity contribution in [3.05, 3.63) is 83.7 Å². The number of amides is 4. The van der Waals surface area contributed by atoms with E-state index in [1.807, 2.05) is 72.8 Å². The summed E-state index contributed by atoms with van der Waals surface area (Å²) in [5.74, 6) is -3.19. The van der Waals surface area contributed by atoms with Gasteiger partial charge in [0.2, 0.25) is 23.6 Å². The fourth-order valence-corrected chi connectivity index (χ4v) is 8.42. The molecule has 3 N–H and O–H groups in total. The Morgan fingerprint density at radius 3 is 2.41 bits per heavy atom. The zero-order valence-electron chi connectivity index (χ0n) is 32.4. The Morgan fingerprint density at radius 2 is 1.75 bits per heavy atom. The van der Waals surface area contributed by atoms with Gasteiger partial charge in [0, 0.05) is 67.7 Å². The van der Waals surface area contributed by atoms with Gasteiger partial charge in [0.25, 0.3) is 0 Å². The van der Waals surface area contributed by atoms with Gasteiger partial charge in [0.15, 0.2) is 0 Å². The van der Waals surface area contributed by atoms with E-state index in [1.54, 1.807) is 0 Å². The third-order valence-electron chi connectivity index (χ3n) is 10.3. The summed E-state index contributed by atoms with van der Waals surface area (Å²) >= 11 is 1.14. The molecule has 302 valence electrons. The molecule has 0 saturated carbocycles. The molecule has 56 heavy (non-hydrogen) atoms. The van der Waals surface area contributed by atoms with Crippen LogP contribution in [0.3, 0.4) is 0 Å². The van der Waals surface area contributed by atoms with Crippen molar-refractivity contribution in [2.75, 3.05) is 37.7 Å². The van der Waals surface area contributed by atoms with Crippen molar-refractivity contribution in [2.24, 2.45) is 11.3 Å². The van der Waals surface area contributed by atoms with Crippen LogP contribution in [0, 0.1) is 23.0 Å². The number of carboxylic acids is 1. The maximum absolute atomic E-state index is 15.2. The number of hydrogen-bond acceptors (Lipinski definition) is 7. The standard InChI is InChI=1S/C42H53F2N5O6S/c1-42(2,3)40(35-20-30(32-21-31(43)13-14-33(32)44)25-47(35)23-28-10-6-4-7-11-28)49(24-29-17-18-45-22-29)39(53)27-56-26-34(41(54)55)46-36(50)12-8-5-9-19-48-37(51)15-16-38(48)52/h4,6-7,10-11,13-14,20-21,25,29,34,40,45H,5,8-9,12,15-19,22-24,26-27H2,1-3H3,(H,46,50)(H,54,55)/t29?,34-,40?/m0/s1. The number of carboxylic acid groups (broad SMARTS) is 1. The summed E-state index contributed by atoms with van der Waals surface area (Å²) in [5.41, 5.74) is 1.85. The molecule has 4 amide bonds. The van der Waals surface area contributed by atoms with Crippen LogP contribution in [0.2, 0.25) is 0 Å². The van der Waals surface area contributed by atoms with E-state index >= 15 is 4.39 Å². The predicted octanol–water partition coefficient (Wildman–Crippen LogP) is 6.02. The number of unbranched alkanes of at least 4 members (excludes halogenated alkanes) is 2. The molecule has 1 aromatic heterocycles. The maximum Gasteiger partial charge on any atom is 0.327 e. The smallest absolute Gasteiger partial charge is 0.327 e. The summed E-state index contributed by atoms with van der Waals surface area (Å²) in [6.07, 6.45) is 4.88. The first kappa shape index (κ1) is 42.6. The van der Waals surface area contributed by atoms with Crippen molar-refractivity contribution in [1.29, 1.82) is 0 Å². The van der Waals surface area contributed by atoms with E-state index in [0.29, 0.717) is 44.5 Å². The SMILES string of the molecule is CC(C)(C)C(c1cc(-c2cc(F)ccc2F)cn1Cc1ccccc1)N(CC1CCNC1)C(=O)CSC[C@H](NC(=O)CCCCCN1C(=O)CCC1=O)C(=O)O. The summed E-state index contributed by atoms with van der Waals surface area (Å²) in [6, 6.07) is 13.3. The van der Waals surface area contributed by atoms with Crippen LogP contribution >= 0.6 is 11.8 Å². The highest BCUT2D eigenvalue weighted by Gasteiger charge is 2.39. The number of halogens is 2. The molecule has 0 aliphatic carbocycles. The Kier molecular flexibility index (Phi) is 14.9. The van der Waals surface area contributed by atoms with Crippen LogP contribution in [0.1, 0.15) is 83.0 Å². The van der Waals surface area contributed by atoms with Crippen LogP contribution in [-0.2, 0) is 30.5 Å². The van der Waals surface area contributed by atoms with Crippen molar-refractivity contribution in [3.8, 4) is 11.1 Å². The number of aliphatic carboxylic acids is 1. The lowest BCUT2D eigenvalue weighted by Gasteiger charge is -2.42. The third-order valence-corrected chi connectivity index (χ3v) is 11.3. The molecule has 2 unspecified atom stereocenters. The molecule has 3 heterocycles. The highest BCUT2D eigenvalue weighted by Crippen LogP contribution is 2.42. The number of carbonyl (C=O) groups excluding carboxylic acids is 4. The summed E-state index contributed by atoms with van der Waals surface area (Å²) < 4.78 is 31.6. The van der Waals surface area contributed by atoms with Gasteiger partial charge in [0.1, 0.15) is 17.7 Å². The van der Waals surface area contributed by atoms with Gasteiger partial charge in [-0.15, -0.1) is 11.8 Å². The fraction of sp³-hybridized carbons (Fsp3) is 0.500. The van der Waals surface area contributed by atoms with E-state index in [0.717, 1.165) is 54.7 Å². The van der Waals surface area contributed by atoms with E-state index in [2.05, 4.69) is 10.6 Å². The molecule has 2 aromatic carbocycles. The first-order valence-corrected chi connectivity index (χ1v) is 20.5. The van der Waals surface area contributed by atoms with Crippen LogP contribution in [0.15, 0.2) is 60.8 Å². The molecule has 2 aliphatic heterocycles. The number of thioether (sulfide) groups is 1. The van der Waals surface area contributed by atoms with Gasteiger partial charge < -0.3 is 25.2 Å². The zero-order valence-corrected chi connectivity index (χ0v) is 33.2. The van der Waals surface area contributed by atoms with Gasteiger partial charge in [-0.1, -0.05) is 57.5 Å². The Bertz CT molecular complexity index is 1840. The summed E-state index contributed by atoms with van der Waals surface area (Å²) in [7, 11) is 0. The molecule has 3 aromatic rings. The minimum Gasteiger partial charge on any atom is -0.480 e. The molecule has 2 aliphatic rings. The highest BCUT2D eigenvalue weighted by molar-refractivity contribution is 8.00. The van der Waals surface area contributed by atoms with E-state index in [1.165, 1.54) is 11.0 Å². The third kappa shape index (κ3) is 11.5. The second-order valence-corrected chi connectivity index (χ2v) is 16.8. The van der Waals surface area contributed by atoms with E-state index in [4.69, 9.17) is 0 Å².